The molecule has 0 saturated heterocycles. The van der Waals surface area contributed by atoms with E-state index in [1.165, 1.54) is 10.5 Å². The van der Waals surface area contributed by atoms with Crippen molar-refractivity contribution in [1.82, 2.24) is 0 Å². The van der Waals surface area contributed by atoms with Crippen molar-refractivity contribution in [3.63, 3.8) is 0 Å². The second-order valence-electron chi connectivity index (χ2n) is 5.78. The number of nitrogens with zero attached hydrogens (tertiary/aromatic N) is 1. The van der Waals surface area contributed by atoms with Crippen molar-refractivity contribution in [2.24, 2.45) is 0 Å². The van der Waals surface area contributed by atoms with Crippen molar-refractivity contribution < 1.29 is 4.79 Å². The Balaban J connectivity index is 1.57. The number of hydrogen-bond acceptors (Lipinski definition) is 3. The molecule has 0 aliphatic rings. The second-order valence-corrected chi connectivity index (χ2v) is 6.83. The fourth-order valence-electron chi connectivity index (χ4n) is 2.44. The summed E-state index contributed by atoms with van der Waals surface area (Å²) in [5.41, 5.74) is 3.46. The molecule has 3 aromatic carbocycles. The van der Waals surface area contributed by atoms with Gasteiger partial charge in [0.05, 0.1) is 12.5 Å². The molecule has 0 bridgehead atoms. The molecule has 0 unspecified atom stereocenters. The van der Waals surface area contributed by atoms with Gasteiger partial charge >= 0.3 is 0 Å². The van der Waals surface area contributed by atoms with E-state index in [4.69, 9.17) is 5.26 Å². The van der Waals surface area contributed by atoms with Crippen LogP contribution in [-0.4, -0.2) is 5.91 Å². The van der Waals surface area contributed by atoms with Crippen LogP contribution < -0.4 is 5.32 Å². The van der Waals surface area contributed by atoms with Crippen LogP contribution in [0.25, 0.3) is 0 Å². The minimum Gasteiger partial charge on any atom is -0.322 e. The van der Waals surface area contributed by atoms with Crippen molar-refractivity contribution in [3.8, 4) is 6.07 Å². The van der Waals surface area contributed by atoms with E-state index < -0.39 is 0 Å². The third-order valence-electron chi connectivity index (χ3n) is 3.86. The zero-order chi connectivity index (χ0) is 18.2. The van der Waals surface area contributed by atoms with Crippen LogP contribution in [0.15, 0.2) is 83.8 Å². The summed E-state index contributed by atoms with van der Waals surface area (Å²) in [6, 6.07) is 27.4. The van der Waals surface area contributed by atoms with Gasteiger partial charge in [0.15, 0.2) is 0 Å². The summed E-state index contributed by atoms with van der Waals surface area (Å²) >= 11 is 1.77. The monoisotopic (exact) mass is 358 g/mol. The van der Waals surface area contributed by atoms with Crippen LogP contribution in [0.4, 0.5) is 5.69 Å². The first-order valence-electron chi connectivity index (χ1n) is 8.28. The first-order valence-corrected chi connectivity index (χ1v) is 9.27. The highest BCUT2D eigenvalue weighted by Gasteiger charge is 2.06. The standard InChI is InChI=1S/C22H18N2OS/c23-15-14-17-8-12-20(13-9-17)24-22(25)19-10-6-18(7-11-19)16-26-21-4-2-1-3-5-21/h1-13H,14,16H2,(H,24,25). The second kappa shape index (κ2) is 8.89. The summed E-state index contributed by atoms with van der Waals surface area (Å²) in [6.07, 6.45) is 0.372. The fourth-order valence-corrected chi connectivity index (χ4v) is 3.31. The summed E-state index contributed by atoms with van der Waals surface area (Å²) in [7, 11) is 0. The summed E-state index contributed by atoms with van der Waals surface area (Å²) < 4.78 is 0. The lowest BCUT2D eigenvalue weighted by Gasteiger charge is -2.07. The van der Waals surface area contributed by atoms with Gasteiger partial charge in [-0.2, -0.15) is 5.26 Å². The molecule has 1 N–H and O–H groups in total. The minimum atomic E-state index is -0.139. The van der Waals surface area contributed by atoms with Gasteiger partial charge in [-0.3, -0.25) is 4.79 Å². The van der Waals surface area contributed by atoms with Crippen molar-refractivity contribution in [3.05, 3.63) is 95.6 Å². The Labute approximate surface area is 157 Å². The van der Waals surface area contributed by atoms with Gasteiger partial charge < -0.3 is 5.32 Å². The van der Waals surface area contributed by atoms with E-state index in [0.717, 1.165) is 17.0 Å². The molecular weight excluding hydrogens is 340 g/mol. The predicted molar refractivity (Wildman–Crippen MR) is 106 cm³/mol. The molecule has 0 fully saturated rings. The molecule has 0 aromatic heterocycles. The molecule has 0 heterocycles. The SMILES string of the molecule is N#CCc1ccc(NC(=O)c2ccc(CSc3ccccc3)cc2)cc1. The van der Waals surface area contributed by atoms with Gasteiger partial charge in [0, 0.05) is 21.9 Å². The van der Waals surface area contributed by atoms with Gasteiger partial charge in [0.1, 0.15) is 0 Å². The number of carbonyl (C=O) groups excluding carboxylic acids is 1. The Hall–Kier alpha value is -3.03. The molecule has 3 rings (SSSR count). The van der Waals surface area contributed by atoms with Crippen LogP contribution in [-0.2, 0) is 12.2 Å². The Morgan fingerprint density at radius 3 is 2.19 bits per heavy atom. The highest BCUT2D eigenvalue weighted by molar-refractivity contribution is 7.98. The Morgan fingerprint density at radius 2 is 1.54 bits per heavy atom. The minimum absolute atomic E-state index is 0.139. The summed E-state index contributed by atoms with van der Waals surface area (Å²) in [5, 5.41) is 11.6. The van der Waals surface area contributed by atoms with E-state index in [1.807, 2.05) is 66.7 Å². The lowest BCUT2D eigenvalue weighted by molar-refractivity contribution is 0.102. The van der Waals surface area contributed by atoms with Gasteiger partial charge in [-0.05, 0) is 47.5 Å². The van der Waals surface area contributed by atoms with Crippen LogP contribution in [0, 0.1) is 11.3 Å². The highest BCUT2D eigenvalue weighted by atomic mass is 32.2. The van der Waals surface area contributed by atoms with Gasteiger partial charge in [-0.1, -0.05) is 42.5 Å². The Bertz CT molecular complexity index is 898. The zero-order valence-electron chi connectivity index (χ0n) is 14.2. The van der Waals surface area contributed by atoms with Gasteiger partial charge in [0.25, 0.3) is 5.91 Å². The molecule has 3 aromatic rings. The number of carbonyl (C=O) groups is 1. The molecule has 0 aliphatic carbocycles. The number of amides is 1. The lowest BCUT2D eigenvalue weighted by Crippen LogP contribution is -2.11. The summed E-state index contributed by atoms with van der Waals surface area (Å²) in [4.78, 5) is 13.6. The highest BCUT2D eigenvalue weighted by Crippen LogP contribution is 2.22. The number of hydrogen-bond donors (Lipinski definition) is 1. The molecule has 1 amide bonds. The van der Waals surface area contributed by atoms with Crippen molar-refractivity contribution in [2.75, 3.05) is 5.32 Å². The van der Waals surface area contributed by atoms with Crippen molar-refractivity contribution >= 4 is 23.4 Å². The molecule has 0 radical (unpaired) electrons. The largest absolute Gasteiger partial charge is 0.322 e. The van der Waals surface area contributed by atoms with E-state index in [2.05, 4.69) is 23.5 Å². The number of rotatable bonds is 6. The van der Waals surface area contributed by atoms with Crippen LogP contribution in [0.3, 0.4) is 0 Å². The van der Waals surface area contributed by atoms with Crippen LogP contribution in [0.1, 0.15) is 21.5 Å². The molecule has 0 spiro atoms. The maximum Gasteiger partial charge on any atom is 0.255 e. The van der Waals surface area contributed by atoms with Gasteiger partial charge in [-0.15, -0.1) is 11.8 Å². The molecule has 3 nitrogen and oxygen atoms in total. The zero-order valence-corrected chi connectivity index (χ0v) is 15.0. The van der Waals surface area contributed by atoms with Crippen molar-refractivity contribution in [2.45, 2.75) is 17.1 Å². The molecule has 0 saturated carbocycles. The molecule has 128 valence electrons. The smallest absolute Gasteiger partial charge is 0.255 e. The topological polar surface area (TPSA) is 52.9 Å². The average Bonchev–Trinajstić information content (AvgIpc) is 2.69. The van der Waals surface area contributed by atoms with Gasteiger partial charge in [0.2, 0.25) is 0 Å². The average molecular weight is 358 g/mol. The summed E-state index contributed by atoms with van der Waals surface area (Å²) in [5.74, 6) is 0.729. The molecule has 0 aliphatic heterocycles. The maximum absolute atomic E-state index is 12.3. The van der Waals surface area contributed by atoms with Crippen LogP contribution in [0.2, 0.25) is 0 Å². The molecular formula is C22H18N2OS. The summed E-state index contributed by atoms with van der Waals surface area (Å²) in [6.45, 7) is 0. The van der Waals surface area contributed by atoms with Crippen molar-refractivity contribution in [1.29, 1.82) is 5.26 Å². The lowest BCUT2D eigenvalue weighted by atomic mass is 10.1. The van der Waals surface area contributed by atoms with Crippen LogP contribution in [0.5, 0.6) is 0 Å². The molecule has 26 heavy (non-hydrogen) atoms. The maximum atomic E-state index is 12.3. The third-order valence-corrected chi connectivity index (χ3v) is 4.94. The van der Waals surface area contributed by atoms with E-state index in [1.54, 1.807) is 11.8 Å². The fraction of sp³-hybridized carbons (Fsp3) is 0.0909. The number of thioether (sulfide) groups is 1. The van der Waals surface area contributed by atoms with E-state index in [9.17, 15) is 4.79 Å². The van der Waals surface area contributed by atoms with E-state index in [0.29, 0.717) is 12.0 Å². The number of nitriles is 1. The first-order chi connectivity index (χ1) is 12.7. The molecule has 0 atom stereocenters. The Kier molecular flexibility index (Phi) is 6.08. The number of nitrogens with one attached hydrogen (secondary N) is 1. The first kappa shape index (κ1) is 17.8. The number of benzene rings is 3. The molecule has 4 heteroatoms. The van der Waals surface area contributed by atoms with E-state index >= 15 is 0 Å². The predicted octanol–water partition coefficient (Wildman–Crippen LogP) is 5.30. The van der Waals surface area contributed by atoms with Gasteiger partial charge in [-0.25, -0.2) is 0 Å². The Morgan fingerprint density at radius 1 is 0.885 bits per heavy atom. The number of anilines is 1. The van der Waals surface area contributed by atoms with E-state index in [-0.39, 0.29) is 5.91 Å². The normalized spacial score (nSPS) is 10.1. The third kappa shape index (κ3) is 4.98. The quantitative estimate of drug-likeness (QED) is 0.609. The van der Waals surface area contributed by atoms with Crippen LogP contribution >= 0.6 is 11.8 Å².